The molecule has 1 N–H and O–H groups in total. The standard InChI is InChI=1S/C38H45FO5PSi/c1-26-22-27(2)32(33(23-26)29-18-19-35(39)28(3)24-29)20-21-45(42,43-7)25-34(38(4,5)6)36(37(40)41)44-46(30-14-10-8-11-15-30)31-16-12-9-13-17-31/h8-19,22-24,34,36H,20-21,25H2,1-7H3,(H,40,41). The molecule has 0 saturated carbocycles. The first-order valence-corrected chi connectivity index (χ1v) is 19.0. The monoisotopic (exact) mass is 659 g/mol. The van der Waals surface area contributed by atoms with E-state index in [1.165, 1.54) is 13.2 Å². The van der Waals surface area contributed by atoms with Crippen LogP contribution in [0.2, 0.25) is 0 Å². The highest BCUT2D eigenvalue weighted by atomic mass is 31.2. The van der Waals surface area contributed by atoms with Gasteiger partial charge in [0.05, 0.1) is 0 Å². The summed E-state index contributed by atoms with van der Waals surface area (Å²) in [5.74, 6) is -1.95. The fourth-order valence-electron chi connectivity index (χ4n) is 5.98. The van der Waals surface area contributed by atoms with E-state index in [0.29, 0.717) is 12.0 Å². The van der Waals surface area contributed by atoms with E-state index < -0.39 is 39.8 Å². The van der Waals surface area contributed by atoms with E-state index in [4.69, 9.17) is 8.95 Å². The van der Waals surface area contributed by atoms with Gasteiger partial charge in [0.1, 0.15) is 11.9 Å². The van der Waals surface area contributed by atoms with Crippen LogP contribution in [-0.4, -0.2) is 45.7 Å². The predicted molar refractivity (Wildman–Crippen MR) is 187 cm³/mol. The van der Waals surface area contributed by atoms with Crippen LogP contribution in [0, 0.1) is 37.9 Å². The summed E-state index contributed by atoms with van der Waals surface area (Å²) in [6, 6.07) is 28.7. The van der Waals surface area contributed by atoms with Crippen molar-refractivity contribution in [3.63, 3.8) is 0 Å². The predicted octanol–water partition coefficient (Wildman–Crippen LogP) is 7.82. The minimum Gasteiger partial charge on any atom is -0.479 e. The van der Waals surface area contributed by atoms with Crippen molar-refractivity contribution in [3.05, 3.63) is 119 Å². The second-order valence-electron chi connectivity index (χ2n) is 13.1. The smallest absolute Gasteiger partial charge is 0.331 e. The van der Waals surface area contributed by atoms with Crippen LogP contribution < -0.4 is 10.4 Å². The van der Waals surface area contributed by atoms with Crippen LogP contribution in [0.25, 0.3) is 11.1 Å². The summed E-state index contributed by atoms with van der Waals surface area (Å²) in [6.07, 6.45) is -0.467. The molecule has 5 nitrogen and oxygen atoms in total. The third kappa shape index (κ3) is 8.71. The van der Waals surface area contributed by atoms with Crippen molar-refractivity contribution < 1.29 is 27.8 Å². The number of carboxylic acids is 1. The van der Waals surface area contributed by atoms with Crippen molar-refractivity contribution in [2.24, 2.45) is 11.3 Å². The number of hydrogen-bond donors (Lipinski definition) is 1. The van der Waals surface area contributed by atoms with Gasteiger partial charge >= 0.3 is 5.97 Å². The molecule has 0 aliphatic rings. The Morgan fingerprint density at radius 3 is 1.98 bits per heavy atom. The first-order valence-electron chi connectivity index (χ1n) is 15.6. The number of aliphatic carboxylic acids is 1. The quantitative estimate of drug-likeness (QED) is 0.117. The Morgan fingerprint density at radius 2 is 1.48 bits per heavy atom. The first kappa shape index (κ1) is 35.5. The molecule has 243 valence electrons. The van der Waals surface area contributed by atoms with Crippen LogP contribution in [0.5, 0.6) is 0 Å². The highest BCUT2D eigenvalue weighted by Gasteiger charge is 2.44. The largest absolute Gasteiger partial charge is 0.479 e. The molecular formula is C38H45FO5PSi. The van der Waals surface area contributed by atoms with Gasteiger partial charge in [-0.3, -0.25) is 4.57 Å². The molecule has 3 atom stereocenters. The summed E-state index contributed by atoms with van der Waals surface area (Å²) >= 11 is 0. The van der Waals surface area contributed by atoms with E-state index >= 15 is 0 Å². The SMILES string of the molecule is COP(=O)(CCc1c(C)cc(C)cc1-c1ccc(F)c(C)c1)CC(C(O[Si](c1ccccc1)c1ccccc1)C(=O)O)C(C)(C)C. The van der Waals surface area contributed by atoms with E-state index in [1.54, 1.807) is 13.0 Å². The lowest BCUT2D eigenvalue weighted by Gasteiger charge is -2.38. The van der Waals surface area contributed by atoms with Gasteiger partial charge in [-0.05, 0) is 82.9 Å². The van der Waals surface area contributed by atoms with Crippen molar-refractivity contribution in [1.29, 1.82) is 0 Å². The molecule has 0 aliphatic carbocycles. The number of hydrogen-bond acceptors (Lipinski definition) is 4. The molecule has 8 heteroatoms. The third-order valence-electron chi connectivity index (χ3n) is 8.63. The van der Waals surface area contributed by atoms with Crippen molar-refractivity contribution >= 4 is 32.8 Å². The van der Waals surface area contributed by atoms with Gasteiger partial charge in [0.2, 0.25) is 7.37 Å². The van der Waals surface area contributed by atoms with Crippen molar-refractivity contribution in [3.8, 4) is 11.1 Å². The summed E-state index contributed by atoms with van der Waals surface area (Å²) in [5, 5.41) is 12.5. The lowest BCUT2D eigenvalue weighted by Crippen LogP contribution is -2.52. The molecule has 0 heterocycles. The Balaban J connectivity index is 1.67. The molecule has 4 aromatic carbocycles. The molecule has 46 heavy (non-hydrogen) atoms. The van der Waals surface area contributed by atoms with Gasteiger partial charge in [-0.15, -0.1) is 0 Å². The van der Waals surface area contributed by atoms with Crippen molar-refractivity contribution in [2.45, 2.75) is 54.1 Å². The highest BCUT2D eigenvalue weighted by Crippen LogP contribution is 2.52. The minimum atomic E-state index is -3.35. The second-order valence-corrected chi connectivity index (χ2v) is 18.0. The van der Waals surface area contributed by atoms with Crippen LogP contribution >= 0.6 is 7.37 Å². The van der Waals surface area contributed by atoms with Gasteiger partial charge in [-0.2, -0.15) is 0 Å². The summed E-state index contributed by atoms with van der Waals surface area (Å²) in [6.45, 7) is 11.7. The lowest BCUT2D eigenvalue weighted by atomic mass is 9.78. The van der Waals surface area contributed by atoms with E-state index in [1.807, 2.05) is 101 Å². The number of rotatable bonds is 13. The molecular weight excluding hydrogens is 614 g/mol. The number of halogens is 1. The maximum absolute atomic E-state index is 14.6. The van der Waals surface area contributed by atoms with Crippen LogP contribution in [0.3, 0.4) is 0 Å². The number of aryl methyl sites for hydroxylation is 3. The van der Waals surface area contributed by atoms with Gasteiger partial charge in [-0.25, -0.2) is 9.18 Å². The Morgan fingerprint density at radius 1 is 0.891 bits per heavy atom. The van der Waals surface area contributed by atoms with Gasteiger partial charge < -0.3 is 14.1 Å². The normalized spacial score (nSPS) is 14.5. The van der Waals surface area contributed by atoms with Crippen molar-refractivity contribution in [1.82, 2.24) is 0 Å². The molecule has 4 rings (SSSR count). The van der Waals surface area contributed by atoms with E-state index in [0.717, 1.165) is 38.2 Å². The molecule has 1 radical (unpaired) electrons. The lowest BCUT2D eigenvalue weighted by molar-refractivity contribution is -0.149. The molecule has 0 aromatic heterocycles. The van der Waals surface area contributed by atoms with Gasteiger partial charge in [0.25, 0.3) is 9.04 Å². The van der Waals surface area contributed by atoms with E-state index in [9.17, 15) is 18.9 Å². The van der Waals surface area contributed by atoms with Crippen LogP contribution in [0.1, 0.15) is 43.0 Å². The topological polar surface area (TPSA) is 72.8 Å². The van der Waals surface area contributed by atoms with Crippen molar-refractivity contribution in [2.75, 3.05) is 19.4 Å². The van der Waals surface area contributed by atoms with Crippen LogP contribution in [-0.2, 0) is 24.7 Å². The zero-order valence-corrected chi connectivity index (χ0v) is 29.7. The summed E-state index contributed by atoms with van der Waals surface area (Å²) in [7, 11) is -3.85. The molecule has 4 aromatic rings. The molecule has 3 unspecified atom stereocenters. The second kappa shape index (κ2) is 15.0. The van der Waals surface area contributed by atoms with Gasteiger partial charge in [0.15, 0.2) is 0 Å². The number of carbonyl (C=O) groups is 1. The molecule has 0 bridgehead atoms. The van der Waals surface area contributed by atoms with Crippen LogP contribution in [0.15, 0.2) is 91.0 Å². The zero-order chi connectivity index (χ0) is 33.6. The Hall–Kier alpha value is -3.35. The molecule has 0 aliphatic heterocycles. The number of carboxylic acid groups (broad SMARTS) is 1. The first-order chi connectivity index (χ1) is 21.7. The highest BCUT2D eigenvalue weighted by molar-refractivity contribution is 7.59. The average Bonchev–Trinajstić information content (AvgIpc) is 3.01. The van der Waals surface area contributed by atoms with E-state index in [-0.39, 0.29) is 18.1 Å². The van der Waals surface area contributed by atoms with Gasteiger partial charge in [0, 0.05) is 25.4 Å². The van der Waals surface area contributed by atoms with Gasteiger partial charge in [-0.1, -0.05) is 105 Å². The maximum atomic E-state index is 14.6. The fourth-order valence-corrected chi connectivity index (χ4v) is 10.5. The summed E-state index contributed by atoms with van der Waals surface area (Å²) in [4.78, 5) is 13.0. The summed E-state index contributed by atoms with van der Waals surface area (Å²) < 4.78 is 41.2. The summed E-state index contributed by atoms with van der Waals surface area (Å²) in [5.41, 5.74) is 5.02. The average molecular weight is 660 g/mol. The van der Waals surface area contributed by atoms with Crippen LogP contribution in [0.4, 0.5) is 4.39 Å². The third-order valence-corrected chi connectivity index (χ3v) is 13.4. The molecule has 0 amide bonds. The molecule has 0 spiro atoms. The fraction of sp³-hybridized carbons (Fsp3) is 0.342. The zero-order valence-electron chi connectivity index (χ0n) is 27.8. The molecule has 0 fully saturated rings. The van der Waals surface area contributed by atoms with E-state index in [2.05, 4.69) is 12.1 Å². The molecule has 0 saturated heterocycles. The Labute approximate surface area is 275 Å². The Kier molecular flexibility index (Phi) is 11.6. The Bertz CT molecular complexity index is 1650. The number of benzene rings is 4. The minimum absolute atomic E-state index is 0.0542. The maximum Gasteiger partial charge on any atom is 0.331 e.